The maximum absolute atomic E-state index is 12.5. The summed E-state index contributed by atoms with van der Waals surface area (Å²) < 4.78 is 5.49. The molecule has 0 heterocycles. The van der Waals surface area contributed by atoms with Crippen molar-refractivity contribution in [3.8, 4) is 0 Å². The molecule has 0 saturated carbocycles. The first kappa shape index (κ1) is 16.3. The summed E-state index contributed by atoms with van der Waals surface area (Å²) in [5, 5.41) is 0. The Hall–Kier alpha value is -2.09. The molecule has 0 radical (unpaired) electrons. The summed E-state index contributed by atoms with van der Waals surface area (Å²) in [4.78, 5) is 12.5. The highest BCUT2D eigenvalue weighted by Crippen LogP contribution is 2.22. The number of hydrogen-bond acceptors (Lipinski definition) is 2. The Morgan fingerprint density at radius 3 is 2.23 bits per heavy atom. The van der Waals surface area contributed by atoms with Crippen molar-refractivity contribution >= 4 is 5.97 Å². The Balaban J connectivity index is 2.06. The number of benzene rings is 2. The molecule has 1 unspecified atom stereocenters. The van der Waals surface area contributed by atoms with Crippen LogP contribution in [0.15, 0.2) is 60.7 Å². The van der Waals surface area contributed by atoms with Gasteiger partial charge in [-0.15, -0.1) is 0 Å². The fourth-order valence-corrected chi connectivity index (χ4v) is 2.50. The summed E-state index contributed by atoms with van der Waals surface area (Å²) >= 11 is 0. The van der Waals surface area contributed by atoms with Gasteiger partial charge >= 0.3 is 5.97 Å². The third-order valence-corrected chi connectivity index (χ3v) is 3.76. The number of carbonyl (C=O) groups is 1. The lowest BCUT2D eigenvalue weighted by Crippen LogP contribution is -2.19. The van der Waals surface area contributed by atoms with Gasteiger partial charge in [-0.1, -0.05) is 80.4 Å². The van der Waals surface area contributed by atoms with E-state index in [9.17, 15) is 4.79 Å². The maximum atomic E-state index is 12.5. The van der Waals surface area contributed by atoms with E-state index in [0.717, 1.165) is 30.4 Å². The number of carbonyl (C=O) groups excluding carboxylic acids is 1. The molecule has 2 aromatic rings. The highest BCUT2D eigenvalue weighted by molar-refractivity contribution is 5.78. The normalized spacial score (nSPS) is 11.9. The van der Waals surface area contributed by atoms with E-state index < -0.39 is 0 Å². The van der Waals surface area contributed by atoms with Crippen LogP contribution in [0, 0.1) is 0 Å². The molecule has 22 heavy (non-hydrogen) atoms. The molecular formula is C20H24O2. The Kier molecular flexibility index (Phi) is 6.69. The highest BCUT2D eigenvalue weighted by Gasteiger charge is 2.22. The lowest BCUT2D eigenvalue weighted by Gasteiger charge is -2.16. The molecule has 2 aromatic carbocycles. The summed E-state index contributed by atoms with van der Waals surface area (Å²) in [5.41, 5.74) is 2.17. The Labute approximate surface area is 133 Å². The van der Waals surface area contributed by atoms with Gasteiger partial charge in [0.15, 0.2) is 0 Å². The summed E-state index contributed by atoms with van der Waals surface area (Å²) in [6, 6.07) is 20.0. The molecule has 0 aliphatic rings. The zero-order valence-corrected chi connectivity index (χ0v) is 13.2. The molecule has 0 spiro atoms. The van der Waals surface area contributed by atoms with Gasteiger partial charge in [0.1, 0.15) is 0 Å². The van der Waals surface area contributed by atoms with Crippen molar-refractivity contribution in [1.29, 1.82) is 0 Å². The predicted molar refractivity (Wildman–Crippen MR) is 89.8 cm³/mol. The van der Waals surface area contributed by atoms with Crippen LogP contribution in [-0.4, -0.2) is 12.6 Å². The molecule has 0 aromatic heterocycles. The van der Waals surface area contributed by atoms with Gasteiger partial charge in [0, 0.05) is 0 Å². The van der Waals surface area contributed by atoms with Gasteiger partial charge in [-0.05, 0) is 24.0 Å². The minimum absolute atomic E-state index is 0.119. The molecular weight excluding hydrogens is 272 g/mol. The Bertz CT molecular complexity index is 548. The van der Waals surface area contributed by atoms with Crippen molar-refractivity contribution in [1.82, 2.24) is 0 Å². The summed E-state index contributed by atoms with van der Waals surface area (Å²) in [5.74, 6) is -0.351. The first-order valence-electron chi connectivity index (χ1n) is 8.06. The molecule has 0 aliphatic carbocycles. The van der Waals surface area contributed by atoms with E-state index in [0.29, 0.717) is 13.0 Å². The van der Waals surface area contributed by atoms with Gasteiger partial charge in [0.25, 0.3) is 0 Å². The maximum Gasteiger partial charge on any atom is 0.313 e. The van der Waals surface area contributed by atoms with Crippen molar-refractivity contribution in [3.05, 3.63) is 71.8 Å². The second-order valence-electron chi connectivity index (χ2n) is 5.53. The lowest BCUT2D eigenvalue weighted by molar-refractivity contribution is -0.145. The van der Waals surface area contributed by atoms with E-state index in [1.807, 2.05) is 48.5 Å². The van der Waals surface area contributed by atoms with E-state index in [-0.39, 0.29) is 11.9 Å². The zero-order valence-electron chi connectivity index (χ0n) is 13.2. The van der Waals surface area contributed by atoms with Crippen molar-refractivity contribution < 1.29 is 9.53 Å². The number of hydrogen-bond donors (Lipinski definition) is 0. The molecule has 0 saturated heterocycles. The monoisotopic (exact) mass is 296 g/mol. The van der Waals surface area contributed by atoms with E-state index in [1.54, 1.807) is 0 Å². The minimum Gasteiger partial charge on any atom is -0.465 e. The van der Waals surface area contributed by atoms with Crippen molar-refractivity contribution in [2.45, 2.75) is 38.5 Å². The minimum atomic E-state index is -0.231. The SMILES string of the molecule is CCCCCOC(=O)C(Cc1ccccc1)c1ccccc1. The molecule has 0 aliphatic heterocycles. The number of ether oxygens (including phenoxy) is 1. The molecule has 2 heteroatoms. The summed E-state index contributed by atoms with van der Waals surface area (Å²) in [7, 11) is 0. The molecule has 0 N–H and O–H groups in total. The van der Waals surface area contributed by atoms with Gasteiger partial charge < -0.3 is 4.74 Å². The summed E-state index contributed by atoms with van der Waals surface area (Å²) in [6.45, 7) is 2.66. The van der Waals surface area contributed by atoms with Crippen molar-refractivity contribution in [2.75, 3.05) is 6.61 Å². The Morgan fingerprint density at radius 2 is 1.59 bits per heavy atom. The second kappa shape index (κ2) is 9.04. The quantitative estimate of drug-likeness (QED) is 0.519. The third kappa shape index (κ3) is 5.03. The van der Waals surface area contributed by atoms with Crippen LogP contribution in [0.2, 0.25) is 0 Å². The van der Waals surface area contributed by atoms with Crippen LogP contribution in [0.4, 0.5) is 0 Å². The first-order valence-corrected chi connectivity index (χ1v) is 8.06. The predicted octanol–water partition coefficient (Wildman–Crippen LogP) is 4.75. The topological polar surface area (TPSA) is 26.3 Å². The average molecular weight is 296 g/mol. The van der Waals surface area contributed by atoms with Crippen LogP contribution in [0.25, 0.3) is 0 Å². The second-order valence-corrected chi connectivity index (χ2v) is 5.53. The largest absolute Gasteiger partial charge is 0.465 e. The van der Waals surface area contributed by atoms with E-state index in [4.69, 9.17) is 4.74 Å². The fourth-order valence-electron chi connectivity index (χ4n) is 2.50. The Morgan fingerprint density at radius 1 is 0.955 bits per heavy atom. The van der Waals surface area contributed by atoms with Crippen molar-refractivity contribution in [2.24, 2.45) is 0 Å². The zero-order chi connectivity index (χ0) is 15.6. The van der Waals surface area contributed by atoms with Crippen LogP contribution < -0.4 is 0 Å². The van der Waals surface area contributed by atoms with Crippen LogP contribution in [0.5, 0.6) is 0 Å². The molecule has 0 fully saturated rings. The molecule has 2 nitrogen and oxygen atoms in total. The molecule has 0 bridgehead atoms. The van der Waals surface area contributed by atoms with Crippen LogP contribution >= 0.6 is 0 Å². The smallest absolute Gasteiger partial charge is 0.313 e. The van der Waals surface area contributed by atoms with E-state index in [1.165, 1.54) is 0 Å². The first-order chi connectivity index (χ1) is 10.8. The van der Waals surface area contributed by atoms with E-state index in [2.05, 4.69) is 19.1 Å². The van der Waals surface area contributed by atoms with Crippen LogP contribution in [0.1, 0.15) is 43.2 Å². The lowest BCUT2D eigenvalue weighted by atomic mass is 9.92. The molecule has 2 rings (SSSR count). The molecule has 116 valence electrons. The fraction of sp³-hybridized carbons (Fsp3) is 0.350. The third-order valence-electron chi connectivity index (χ3n) is 3.76. The van der Waals surface area contributed by atoms with Gasteiger partial charge in [-0.3, -0.25) is 4.79 Å². The molecule has 1 atom stereocenters. The summed E-state index contributed by atoms with van der Waals surface area (Å²) in [6.07, 6.45) is 3.85. The van der Waals surface area contributed by atoms with Gasteiger partial charge in [-0.2, -0.15) is 0 Å². The van der Waals surface area contributed by atoms with Crippen LogP contribution in [-0.2, 0) is 16.0 Å². The number of unbranched alkanes of at least 4 members (excludes halogenated alkanes) is 2. The average Bonchev–Trinajstić information content (AvgIpc) is 2.58. The van der Waals surface area contributed by atoms with Crippen LogP contribution in [0.3, 0.4) is 0 Å². The highest BCUT2D eigenvalue weighted by atomic mass is 16.5. The van der Waals surface area contributed by atoms with E-state index >= 15 is 0 Å². The van der Waals surface area contributed by atoms with Gasteiger partial charge in [0.05, 0.1) is 12.5 Å². The standard InChI is InChI=1S/C20H24O2/c1-2-3-10-15-22-20(21)19(18-13-8-5-9-14-18)16-17-11-6-4-7-12-17/h4-9,11-14,19H,2-3,10,15-16H2,1H3. The van der Waals surface area contributed by atoms with Gasteiger partial charge in [-0.25, -0.2) is 0 Å². The van der Waals surface area contributed by atoms with Gasteiger partial charge in [0.2, 0.25) is 0 Å². The van der Waals surface area contributed by atoms with Crippen molar-refractivity contribution in [3.63, 3.8) is 0 Å². The molecule has 0 amide bonds. The number of esters is 1. The number of rotatable bonds is 8.